The quantitative estimate of drug-likeness (QED) is 0.888. The first kappa shape index (κ1) is 17.3. The molecule has 1 unspecified atom stereocenters. The summed E-state index contributed by atoms with van der Waals surface area (Å²) < 4.78 is 5.47. The van der Waals surface area contributed by atoms with E-state index in [-0.39, 0.29) is 5.91 Å². The second kappa shape index (κ2) is 8.53. The van der Waals surface area contributed by atoms with Crippen LogP contribution < -0.4 is 5.32 Å². The maximum atomic E-state index is 12.2. The van der Waals surface area contributed by atoms with Crippen molar-refractivity contribution in [1.29, 1.82) is 0 Å². The van der Waals surface area contributed by atoms with E-state index in [1.54, 1.807) is 12.4 Å². The minimum absolute atomic E-state index is 0.0687. The number of rotatable bonds is 5. The van der Waals surface area contributed by atoms with Crippen LogP contribution >= 0.6 is 0 Å². The maximum absolute atomic E-state index is 12.2. The average molecular weight is 332 g/mol. The lowest BCUT2D eigenvalue weighted by molar-refractivity contribution is 0.0179. The van der Waals surface area contributed by atoms with Crippen molar-refractivity contribution in [3.05, 3.63) is 23.8 Å². The molecule has 1 aromatic heterocycles. The number of amides is 1. The SMILES string of the molecule is CCc1ncc(C(=O)NCC2CCCN(C3CCOCC3)C2)cn1. The molecule has 0 saturated carbocycles. The molecule has 24 heavy (non-hydrogen) atoms. The van der Waals surface area contributed by atoms with Gasteiger partial charge in [0.05, 0.1) is 5.56 Å². The third-order valence-corrected chi connectivity index (χ3v) is 5.09. The van der Waals surface area contributed by atoms with Crippen LogP contribution in [0.4, 0.5) is 0 Å². The standard InChI is InChI=1S/C18H28N4O2/c1-2-17-19-11-15(12-20-17)18(23)21-10-14-4-3-7-22(13-14)16-5-8-24-9-6-16/h11-12,14,16H,2-10,13H2,1H3,(H,21,23). The van der Waals surface area contributed by atoms with Crippen LogP contribution in [-0.2, 0) is 11.2 Å². The molecule has 0 bridgehead atoms. The molecule has 2 aliphatic rings. The smallest absolute Gasteiger partial charge is 0.254 e. The minimum atomic E-state index is -0.0687. The van der Waals surface area contributed by atoms with Crippen molar-refractivity contribution in [2.45, 2.75) is 45.1 Å². The monoisotopic (exact) mass is 332 g/mol. The van der Waals surface area contributed by atoms with Crippen LogP contribution in [0, 0.1) is 5.92 Å². The molecule has 2 aliphatic heterocycles. The number of aromatic nitrogens is 2. The van der Waals surface area contributed by atoms with Gasteiger partial charge in [0, 0.05) is 51.2 Å². The summed E-state index contributed by atoms with van der Waals surface area (Å²) in [6.45, 7) is 6.76. The molecule has 0 aromatic carbocycles. The van der Waals surface area contributed by atoms with Gasteiger partial charge in [0.15, 0.2) is 0 Å². The number of piperidine rings is 1. The lowest BCUT2D eigenvalue weighted by atomic mass is 9.94. The zero-order valence-electron chi connectivity index (χ0n) is 14.5. The Kier molecular flexibility index (Phi) is 6.15. The Morgan fingerprint density at radius 3 is 2.75 bits per heavy atom. The molecular weight excluding hydrogens is 304 g/mol. The van der Waals surface area contributed by atoms with E-state index >= 15 is 0 Å². The normalized spacial score (nSPS) is 23.1. The Morgan fingerprint density at radius 2 is 2.04 bits per heavy atom. The van der Waals surface area contributed by atoms with Crippen molar-refractivity contribution in [2.24, 2.45) is 5.92 Å². The van der Waals surface area contributed by atoms with Crippen LogP contribution in [0.1, 0.15) is 48.8 Å². The van der Waals surface area contributed by atoms with Gasteiger partial charge in [-0.1, -0.05) is 6.92 Å². The number of hydrogen-bond acceptors (Lipinski definition) is 5. The van der Waals surface area contributed by atoms with Crippen LogP contribution in [0.25, 0.3) is 0 Å². The number of ether oxygens (including phenoxy) is 1. The summed E-state index contributed by atoms with van der Waals surface area (Å²) in [7, 11) is 0. The fraction of sp³-hybridized carbons (Fsp3) is 0.722. The van der Waals surface area contributed by atoms with Gasteiger partial charge >= 0.3 is 0 Å². The number of carbonyl (C=O) groups excluding carboxylic acids is 1. The van der Waals surface area contributed by atoms with E-state index in [1.807, 2.05) is 6.92 Å². The Morgan fingerprint density at radius 1 is 1.29 bits per heavy atom. The molecule has 1 aromatic rings. The fourth-order valence-electron chi connectivity index (χ4n) is 3.64. The third-order valence-electron chi connectivity index (χ3n) is 5.09. The first-order chi connectivity index (χ1) is 11.8. The second-order valence-electron chi connectivity index (χ2n) is 6.80. The summed E-state index contributed by atoms with van der Waals surface area (Å²) in [4.78, 5) is 23.2. The van der Waals surface area contributed by atoms with Crippen LogP contribution in [0.5, 0.6) is 0 Å². The van der Waals surface area contributed by atoms with Crippen molar-refractivity contribution in [1.82, 2.24) is 20.2 Å². The number of likely N-dealkylation sites (tertiary alicyclic amines) is 1. The molecule has 1 amide bonds. The van der Waals surface area contributed by atoms with Gasteiger partial charge in [-0.3, -0.25) is 9.69 Å². The van der Waals surface area contributed by atoms with Gasteiger partial charge in [-0.15, -0.1) is 0 Å². The van der Waals surface area contributed by atoms with E-state index in [4.69, 9.17) is 4.74 Å². The Bertz CT molecular complexity index is 528. The first-order valence-electron chi connectivity index (χ1n) is 9.17. The summed E-state index contributed by atoms with van der Waals surface area (Å²) >= 11 is 0. The molecule has 132 valence electrons. The van der Waals surface area contributed by atoms with Gasteiger partial charge in [0.25, 0.3) is 5.91 Å². The van der Waals surface area contributed by atoms with E-state index in [1.165, 1.54) is 19.4 Å². The van der Waals surface area contributed by atoms with Gasteiger partial charge in [-0.25, -0.2) is 9.97 Å². The van der Waals surface area contributed by atoms with E-state index in [0.29, 0.717) is 17.5 Å². The van der Waals surface area contributed by atoms with Gasteiger partial charge in [-0.2, -0.15) is 0 Å². The van der Waals surface area contributed by atoms with E-state index in [9.17, 15) is 4.79 Å². The van der Waals surface area contributed by atoms with Gasteiger partial charge < -0.3 is 10.1 Å². The highest BCUT2D eigenvalue weighted by Gasteiger charge is 2.27. The van der Waals surface area contributed by atoms with Crippen LogP contribution in [0.15, 0.2) is 12.4 Å². The predicted octanol–water partition coefficient (Wildman–Crippen LogP) is 1.66. The molecule has 3 rings (SSSR count). The maximum Gasteiger partial charge on any atom is 0.254 e. The summed E-state index contributed by atoms with van der Waals surface area (Å²) in [5, 5.41) is 3.06. The second-order valence-corrected chi connectivity index (χ2v) is 6.80. The fourth-order valence-corrected chi connectivity index (χ4v) is 3.64. The zero-order valence-corrected chi connectivity index (χ0v) is 14.5. The predicted molar refractivity (Wildman–Crippen MR) is 91.9 cm³/mol. The van der Waals surface area contributed by atoms with Crippen molar-refractivity contribution in [3.8, 4) is 0 Å². The van der Waals surface area contributed by atoms with E-state index in [0.717, 1.165) is 51.4 Å². The summed E-state index contributed by atoms with van der Waals surface area (Å²) in [6.07, 6.45) is 8.70. The lowest BCUT2D eigenvalue weighted by Gasteiger charge is -2.40. The Balaban J connectivity index is 1.47. The molecule has 0 radical (unpaired) electrons. The molecule has 2 fully saturated rings. The van der Waals surface area contributed by atoms with Crippen molar-refractivity contribution in [3.63, 3.8) is 0 Å². The highest BCUT2D eigenvalue weighted by molar-refractivity contribution is 5.93. The van der Waals surface area contributed by atoms with Crippen molar-refractivity contribution >= 4 is 5.91 Å². The van der Waals surface area contributed by atoms with Gasteiger partial charge in [-0.05, 0) is 38.1 Å². The van der Waals surface area contributed by atoms with Crippen LogP contribution in [0.3, 0.4) is 0 Å². The molecule has 2 saturated heterocycles. The number of nitrogens with zero attached hydrogens (tertiary/aromatic N) is 3. The summed E-state index contributed by atoms with van der Waals surface area (Å²) in [6, 6.07) is 0.659. The Labute approximate surface area is 144 Å². The first-order valence-corrected chi connectivity index (χ1v) is 9.17. The number of hydrogen-bond donors (Lipinski definition) is 1. The average Bonchev–Trinajstić information content (AvgIpc) is 2.67. The minimum Gasteiger partial charge on any atom is -0.381 e. The molecule has 1 atom stereocenters. The number of nitrogens with one attached hydrogen (secondary N) is 1. The molecule has 3 heterocycles. The van der Waals surface area contributed by atoms with Crippen molar-refractivity contribution in [2.75, 3.05) is 32.8 Å². The van der Waals surface area contributed by atoms with Crippen LogP contribution in [0.2, 0.25) is 0 Å². The van der Waals surface area contributed by atoms with E-state index < -0.39 is 0 Å². The molecule has 6 nitrogen and oxygen atoms in total. The highest BCUT2D eigenvalue weighted by Crippen LogP contribution is 2.22. The molecular formula is C18H28N4O2. The largest absolute Gasteiger partial charge is 0.381 e. The molecule has 0 spiro atoms. The van der Waals surface area contributed by atoms with Gasteiger partial charge in [0.1, 0.15) is 5.82 Å². The van der Waals surface area contributed by atoms with Crippen molar-refractivity contribution < 1.29 is 9.53 Å². The topological polar surface area (TPSA) is 67.4 Å². The number of carbonyl (C=O) groups is 1. The van der Waals surface area contributed by atoms with E-state index in [2.05, 4.69) is 20.2 Å². The number of aryl methyl sites for hydroxylation is 1. The van der Waals surface area contributed by atoms with Crippen LogP contribution in [-0.4, -0.2) is 59.7 Å². The molecule has 1 N–H and O–H groups in total. The highest BCUT2D eigenvalue weighted by atomic mass is 16.5. The zero-order chi connectivity index (χ0) is 16.8. The summed E-state index contributed by atoms with van der Waals surface area (Å²) in [5.41, 5.74) is 0.546. The van der Waals surface area contributed by atoms with Gasteiger partial charge in [0.2, 0.25) is 0 Å². The molecule has 0 aliphatic carbocycles. The Hall–Kier alpha value is -1.53. The lowest BCUT2D eigenvalue weighted by Crippen LogP contribution is -2.47. The molecule has 6 heteroatoms. The summed E-state index contributed by atoms with van der Waals surface area (Å²) in [5.74, 6) is 1.23. The third kappa shape index (κ3) is 4.51.